The van der Waals surface area contributed by atoms with Gasteiger partial charge in [-0.05, 0) is 79.4 Å². The number of methoxy groups -OCH3 is 1. The summed E-state index contributed by atoms with van der Waals surface area (Å²) in [6.07, 6.45) is 11.0. The van der Waals surface area contributed by atoms with Gasteiger partial charge in [-0.1, -0.05) is 37.1 Å². The number of rotatable bonds is 2. The second-order valence-corrected chi connectivity index (χ2v) is 11.7. The van der Waals surface area contributed by atoms with Crippen molar-refractivity contribution in [2.45, 2.75) is 69.4 Å². The van der Waals surface area contributed by atoms with Crippen LogP contribution in [0.25, 0.3) is 0 Å². The first-order valence-corrected chi connectivity index (χ1v) is 13.5. The van der Waals surface area contributed by atoms with E-state index in [1.54, 1.807) is 12.7 Å². The minimum Gasteiger partial charge on any atom is -0.497 e. The number of hydrogen-bond donors (Lipinski definition) is 0. The Kier molecular flexibility index (Phi) is 5.01. The molecule has 2 aliphatic heterocycles. The third-order valence-electron chi connectivity index (χ3n) is 10.5. The van der Waals surface area contributed by atoms with Crippen LogP contribution in [0.5, 0.6) is 5.75 Å². The standard InChI is InChI=1S/C29H38O5/c1-27-17-24(20-7-10-21(30-2)11-8-20)26-22-6-4-3-5-19(22)9-12-23(26)25(27)18-28-29(27,33-15-13-31-28)34-16-14-32-28/h7-11,22-26H,3-6,12-18H2,1-2H3/t22-,23-,24?,25-,26+,27-,28?,29?/m0/s1. The highest BCUT2D eigenvalue weighted by molar-refractivity contribution is 5.34. The van der Waals surface area contributed by atoms with Gasteiger partial charge >= 0.3 is 0 Å². The second-order valence-electron chi connectivity index (χ2n) is 11.7. The molecule has 2 heterocycles. The molecule has 0 aromatic heterocycles. The molecule has 0 N–H and O–H groups in total. The zero-order chi connectivity index (χ0) is 23.0. The second kappa shape index (κ2) is 7.80. The molecule has 184 valence electrons. The summed E-state index contributed by atoms with van der Waals surface area (Å²) in [6.45, 7) is 4.73. The average Bonchev–Trinajstić information content (AvgIpc) is 3.14. The maximum absolute atomic E-state index is 6.66. The van der Waals surface area contributed by atoms with Gasteiger partial charge in [-0.25, -0.2) is 0 Å². The zero-order valence-corrected chi connectivity index (χ0v) is 20.6. The van der Waals surface area contributed by atoms with Crippen LogP contribution >= 0.6 is 0 Å². The van der Waals surface area contributed by atoms with Crippen LogP contribution in [-0.4, -0.2) is 45.1 Å². The first-order valence-electron chi connectivity index (χ1n) is 13.5. The van der Waals surface area contributed by atoms with Crippen molar-refractivity contribution in [3.05, 3.63) is 41.5 Å². The zero-order valence-electron chi connectivity index (χ0n) is 20.6. The lowest BCUT2D eigenvalue weighted by atomic mass is 9.48. The van der Waals surface area contributed by atoms with E-state index in [1.807, 2.05) is 0 Å². The van der Waals surface area contributed by atoms with Crippen molar-refractivity contribution in [1.29, 1.82) is 0 Å². The average molecular weight is 467 g/mol. The van der Waals surface area contributed by atoms with E-state index in [2.05, 4.69) is 37.3 Å². The molecule has 0 spiro atoms. The van der Waals surface area contributed by atoms with Gasteiger partial charge in [-0.15, -0.1) is 0 Å². The summed E-state index contributed by atoms with van der Waals surface area (Å²) >= 11 is 0. The molecule has 4 aliphatic carbocycles. The number of ether oxygens (including phenoxy) is 5. The van der Waals surface area contributed by atoms with E-state index in [1.165, 1.54) is 31.2 Å². The Morgan fingerprint density at radius 2 is 1.62 bits per heavy atom. The summed E-state index contributed by atoms with van der Waals surface area (Å²) in [5, 5.41) is 0. The molecule has 0 bridgehead atoms. The van der Waals surface area contributed by atoms with Gasteiger partial charge in [0.2, 0.25) is 11.6 Å². The van der Waals surface area contributed by atoms with Crippen LogP contribution in [0.15, 0.2) is 35.9 Å². The number of hydrogen-bond acceptors (Lipinski definition) is 5. The summed E-state index contributed by atoms with van der Waals surface area (Å²) in [5.74, 6) is 2.22. The molecule has 34 heavy (non-hydrogen) atoms. The molecular formula is C29H38O5. The summed E-state index contributed by atoms with van der Waals surface area (Å²) in [7, 11) is 1.75. The lowest BCUT2D eigenvalue weighted by Crippen LogP contribution is -2.70. The van der Waals surface area contributed by atoms with Gasteiger partial charge in [-0.3, -0.25) is 0 Å². The van der Waals surface area contributed by atoms with Crippen molar-refractivity contribution < 1.29 is 23.7 Å². The highest BCUT2D eigenvalue weighted by Crippen LogP contribution is 2.72. The fourth-order valence-electron chi connectivity index (χ4n) is 9.26. The van der Waals surface area contributed by atoms with E-state index in [-0.39, 0.29) is 5.41 Å². The van der Waals surface area contributed by atoms with Gasteiger partial charge in [0.15, 0.2) is 0 Å². The predicted molar refractivity (Wildman–Crippen MR) is 127 cm³/mol. The van der Waals surface area contributed by atoms with E-state index >= 15 is 0 Å². The van der Waals surface area contributed by atoms with Crippen molar-refractivity contribution in [3.8, 4) is 5.75 Å². The van der Waals surface area contributed by atoms with Crippen LogP contribution in [0.2, 0.25) is 0 Å². The van der Waals surface area contributed by atoms with Gasteiger partial charge in [0.05, 0.1) is 33.5 Å². The third kappa shape index (κ3) is 2.76. The van der Waals surface area contributed by atoms with E-state index in [0.29, 0.717) is 56.0 Å². The molecule has 1 aromatic rings. The highest BCUT2D eigenvalue weighted by Gasteiger charge is 2.79. The monoisotopic (exact) mass is 466 g/mol. The maximum Gasteiger partial charge on any atom is 0.229 e. The fourth-order valence-corrected chi connectivity index (χ4v) is 9.26. The van der Waals surface area contributed by atoms with E-state index in [9.17, 15) is 0 Å². The molecule has 3 saturated carbocycles. The minimum absolute atomic E-state index is 0.167. The minimum atomic E-state index is -0.812. The Bertz CT molecular complexity index is 957. The molecule has 5 heteroatoms. The SMILES string of the molecule is COc1ccc(C2C[C@@]3(C)[C@@H](CC45OCCOC43OCCO5)[C@@H]3CC=C4CCCC[C@@H]4[C@@H]23)cc1. The van der Waals surface area contributed by atoms with Gasteiger partial charge in [-0.2, -0.15) is 0 Å². The Hall–Kier alpha value is -1.40. The van der Waals surface area contributed by atoms with E-state index < -0.39 is 11.6 Å². The van der Waals surface area contributed by atoms with Crippen molar-refractivity contribution in [2.75, 3.05) is 33.5 Å². The summed E-state index contributed by atoms with van der Waals surface area (Å²) in [4.78, 5) is 0. The first-order chi connectivity index (χ1) is 16.6. The molecule has 7 rings (SSSR count). The smallest absolute Gasteiger partial charge is 0.229 e. The topological polar surface area (TPSA) is 46.2 Å². The summed E-state index contributed by atoms with van der Waals surface area (Å²) in [6, 6.07) is 8.89. The Morgan fingerprint density at radius 3 is 2.35 bits per heavy atom. The maximum atomic E-state index is 6.66. The van der Waals surface area contributed by atoms with Crippen LogP contribution in [0, 0.1) is 29.1 Å². The Morgan fingerprint density at radius 1 is 0.882 bits per heavy atom. The summed E-state index contributed by atoms with van der Waals surface area (Å²) in [5.41, 5.74) is 3.00. The van der Waals surface area contributed by atoms with Crippen molar-refractivity contribution >= 4 is 0 Å². The molecule has 5 nitrogen and oxygen atoms in total. The lowest BCUT2D eigenvalue weighted by molar-refractivity contribution is -0.474. The Balaban J connectivity index is 1.37. The van der Waals surface area contributed by atoms with E-state index in [0.717, 1.165) is 25.0 Å². The molecule has 0 amide bonds. The lowest BCUT2D eigenvalue weighted by Gasteiger charge is -2.60. The van der Waals surface area contributed by atoms with Crippen LogP contribution in [0.4, 0.5) is 0 Å². The Labute approximate surface area is 203 Å². The normalized spacial score (nSPS) is 47.4. The first kappa shape index (κ1) is 21.8. The molecule has 2 saturated heterocycles. The molecule has 5 fully saturated rings. The van der Waals surface area contributed by atoms with Gasteiger partial charge < -0.3 is 23.7 Å². The van der Waals surface area contributed by atoms with Gasteiger partial charge in [0.25, 0.3) is 0 Å². The molecule has 0 radical (unpaired) electrons. The quantitative estimate of drug-likeness (QED) is 0.543. The number of fused-ring (bicyclic) bond motifs is 5. The third-order valence-corrected chi connectivity index (χ3v) is 10.5. The highest BCUT2D eigenvalue weighted by atomic mass is 16.8. The van der Waals surface area contributed by atoms with Gasteiger partial charge in [0.1, 0.15) is 5.75 Å². The fraction of sp³-hybridized carbons (Fsp3) is 0.724. The number of allylic oxidation sites excluding steroid dienone is 2. The molecular weight excluding hydrogens is 428 g/mol. The number of benzene rings is 1. The van der Waals surface area contributed by atoms with Crippen LogP contribution in [0.1, 0.15) is 63.4 Å². The predicted octanol–water partition coefficient (Wildman–Crippen LogP) is 5.45. The van der Waals surface area contributed by atoms with Crippen LogP contribution < -0.4 is 4.74 Å². The molecule has 1 aromatic carbocycles. The molecule has 6 aliphatic rings. The van der Waals surface area contributed by atoms with E-state index in [4.69, 9.17) is 23.7 Å². The van der Waals surface area contributed by atoms with Crippen LogP contribution in [-0.2, 0) is 18.9 Å². The van der Waals surface area contributed by atoms with Crippen LogP contribution in [0.3, 0.4) is 0 Å². The van der Waals surface area contributed by atoms with Gasteiger partial charge in [0, 0.05) is 11.8 Å². The molecule has 1 unspecified atom stereocenters. The van der Waals surface area contributed by atoms with Crippen molar-refractivity contribution in [2.24, 2.45) is 29.1 Å². The van der Waals surface area contributed by atoms with Crippen molar-refractivity contribution in [1.82, 2.24) is 0 Å². The largest absolute Gasteiger partial charge is 0.497 e. The molecule has 6 atom stereocenters. The summed E-state index contributed by atoms with van der Waals surface area (Å²) < 4.78 is 31.8. The van der Waals surface area contributed by atoms with Crippen molar-refractivity contribution in [3.63, 3.8) is 0 Å².